The fourth-order valence-corrected chi connectivity index (χ4v) is 4.01. The summed E-state index contributed by atoms with van der Waals surface area (Å²) in [6.45, 7) is 2.83. The number of benzene rings is 2. The minimum atomic E-state index is -4.04. The zero-order chi connectivity index (χ0) is 24.0. The smallest absolute Gasteiger partial charge is 0.264 e. The first-order valence-electron chi connectivity index (χ1n) is 9.55. The molecule has 9 nitrogen and oxygen atoms in total. The van der Waals surface area contributed by atoms with Gasteiger partial charge in [-0.2, -0.15) is 4.98 Å². The van der Waals surface area contributed by atoms with Crippen molar-refractivity contribution < 1.29 is 22.3 Å². The van der Waals surface area contributed by atoms with Crippen molar-refractivity contribution in [3.63, 3.8) is 0 Å². The monoisotopic (exact) mass is 469 g/mol. The Kier molecular flexibility index (Phi) is 7.10. The van der Waals surface area contributed by atoms with Crippen molar-refractivity contribution in [2.45, 2.75) is 18.7 Å². The number of aryl methyl sites for hydroxylation is 1. The lowest BCUT2D eigenvalue weighted by Gasteiger charge is -2.12. The number of ether oxygens (including phenoxy) is 1. The number of hydrogen-bond acceptors (Lipinski definition) is 8. The lowest BCUT2D eigenvalue weighted by Crippen LogP contribution is -2.28. The largest absolute Gasteiger partial charge is 0.481 e. The minimum absolute atomic E-state index is 0.0274. The lowest BCUT2D eigenvalue weighted by molar-refractivity contribution is -0.117. The molecule has 0 saturated carbocycles. The van der Waals surface area contributed by atoms with E-state index in [2.05, 4.69) is 26.5 Å². The van der Waals surface area contributed by atoms with Crippen LogP contribution in [0.4, 0.5) is 27.5 Å². The van der Waals surface area contributed by atoms with E-state index in [1.165, 1.54) is 6.07 Å². The molecule has 0 spiro atoms. The molecule has 0 unspecified atom stereocenters. The molecule has 1 amide bonds. The topological polar surface area (TPSA) is 122 Å². The predicted molar refractivity (Wildman–Crippen MR) is 122 cm³/mol. The second kappa shape index (κ2) is 9.97. The predicted octanol–water partition coefficient (Wildman–Crippen LogP) is 3.25. The lowest BCUT2D eigenvalue weighted by atomic mass is 10.2. The maximum atomic E-state index is 14.3. The molecule has 2 aromatic carbocycles. The Balaban J connectivity index is 1.81. The van der Waals surface area contributed by atoms with Gasteiger partial charge in [-0.05, 0) is 48.9 Å². The number of sulfonamides is 1. The van der Waals surface area contributed by atoms with E-state index in [-0.39, 0.29) is 23.3 Å². The maximum absolute atomic E-state index is 14.3. The van der Waals surface area contributed by atoms with Crippen molar-refractivity contribution in [3.8, 4) is 18.1 Å². The van der Waals surface area contributed by atoms with Crippen LogP contribution in [0.5, 0.6) is 5.75 Å². The maximum Gasteiger partial charge on any atom is 0.264 e. The second-order valence-corrected chi connectivity index (χ2v) is 8.45. The van der Waals surface area contributed by atoms with Crippen molar-refractivity contribution in [2.75, 3.05) is 17.2 Å². The molecule has 0 aliphatic carbocycles. The molecule has 1 heterocycles. The van der Waals surface area contributed by atoms with Crippen LogP contribution in [0.2, 0.25) is 0 Å². The summed E-state index contributed by atoms with van der Waals surface area (Å²) in [4.78, 5) is 19.1. The molecule has 170 valence electrons. The number of nitrogens with one attached hydrogen (secondary N) is 3. The van der Waals surface area contributed by atoms with E-state index in [4.69, 9.17) is 11.2 Å². The number of halogens is 1. The third-order valence-corrected chi connectivity index (χ3v) is 5.77. The summed E-state index contributed by atoms with van der Waals surface area (Å²) in [5.74, 6) is 1.46. The van der Waals surface area contributed by atoms with Crippen LogP contribution in [0.25, 0.3) is 0 Å². The van der Waals surface area contributed by atoms with Crippen LogP contribution < -0.4 is 20.1 Å². The normalized spacial score (nSPS) is 10.7. The summed E-state index contributed by atoms with van der Waals surface area (Å²) < 4.78 is 46.2. The standard InChI is InChI=1S/C22H20FN5O4S/c1-4-11-32-18-9-7-16(8-10-18)25-21-19(23)13-24-22(27-21)26-17-6-5-14(2)20(12-17)33(30,31)28-15(3)29/h1,5-10,12-13H,11H2,2-3H3,(H,28,29)(H2,24,25,26,27). The molecular weight excluding hydrogens is 449 g/mol. The Morgan fingerprint density at radius 1 is 1.15 bits per heavy atom. The van der Waals surface area contributed by atoms with Gasteiger partial charge in [0.05, 0.1) is 11.1 Å². The summed E-state index contributed by atoms with van der Waals surface area (Å²) >= 11 is 0. The summed E-state index contributed by atoms with van der Waals surface area (Å²) in [6, 6.07) is 11.2. The van der Waals surface area contributed by atoms with E-state index in [0.29, 0.717) is 22.7 Å². The third-order valence-electron chi connectivity index (χ3n) is 4.20. The quantitative estimate of drug-likeness (QED) is 0.430. The van der Waals surface area contributed by atoms with Crippen LogP contribution in [0.15, 0.2) is 53.6 Å². The Labute approximate surface area is 190 Å². The molecule has 3 rings (SSSR count). The highest BCUT2D eigenvalue weighted by atomic mass is 32.2. The number of nitrogens with zero attached hydrogens (tertiary/aromatic N) is 2. The zero-order valence-electron chi connectivity index (χ0n) is 17.7. The Morgan fingerprint density at radius 2 is 1.85 bits per heavy atom. The number of hydrogen-bond donors (Lipinski definition) is 3. The summed E-state index contributed by atoms with van der Waals surface area (Å²) in [6.07, 6.45) is 6.13. The van der Waals surface area contributed by atoms with Crippen LogP contribution in [0.1, 0.15) is 12.5 Å². The van der Waals surface area contributed by atoms with Gasteiger partial charge in [-0.15, -0.1) is 6.42 Å². The molecule has 0 radical (unpaired) electrons. The van der Waals surface area contributed by atoms with Gasteiger partial charge < -0.3 is 15.4 Å². The van der Waals surface area contributed by atoms with E-state index in [1.54, 1.807) is 43.3 Å². The van der Waals surface area contributed by atoms with Crippen LogP contribution in [-0.4, -0.2) is 30.9 Å². The van der Waals surface area contributed by atoms with Crippen molar-refractivity contribution in [1.82, 2.24) is 14.7 Å². The first-order valence-corrected chi connectivity index (χ1v) is 11.0. The molecule has 0 aliphatic rings. The van der Waals surface area contributed by atoms with Crippen LogP contribution >= 0.6 is 0 Å². The molecule has 3 aromatic rings. The molecule has 0 saturated heterocycles. The SMILES string of the molecule is C#CCOc1ccc(Nc2nc(Nc3ccc(C)c(S(=O)(=O)NC(C)=O)c3)ncc2F)cc1. The van der Waals surface area contributed by atoms with E-state index < -0.39 is 21.7 Å². The highest BCUT2D eigenvalue weighted by Crippen LogP contribution is 2.24. The molecule has 0 fully saturated rings. The summed E-state index contributed by atoms with van der Waals surface area (Å²) in [5.41, 5.74) is 1.31. The molecule has 0 atom stereocenters. The molecule has 0 bridgehead atoms. The van der Waals surface area contributed by atoms with E-state index in [1.807, 2.05) is 4.72 Å². The Morgan fingerprint density at radius 3 is 2.52 bits per heavy atom. The number of rotatable bonds is 8. The molecule has 1 aromatic heterocycles. The third kappa shape index (κ3) is 6.18. The number of anilines is 4. The van der Waals surface area contributed by atoms with E-state index in [0.717, 1.165) is 13.1 Å². The average Bonchev–Trinajstić information content (AvgIpc) is 2.76. The minimum Gasteiger partial charge on any atom is -0.481 e. The molecular formula is C22H20FN5O4S. The van der Waals surface area contributed by atoms with Gasteiger partial charge in [-0.25, -0.2) is 22.5 Å². The van der Waals surface area contributed by atoms with Gasteiger partial charge in [-0.3, -0.25) is 4.79 Å². The second-order valence-electron chi connectivity index (χ2n) is 6.80. The fraction of sp³-hybridized carbons (Fsp3) is 0.136. The Bertz CT molecular complexity index is 1320. The molecule has 3 N–H and O–H groups in total. The van der Waals surface area contributed by atoms with Crippen LogP contribution in [0, 0.1) is 25.1 Å². The molecule has 11 heteroatoms. The first-order chi connectivity index (χ1) is 15.7. The van der Waals surface area contributed by atoms with Gasteiger partial charge in [0.2, 0.25) is 11.9 Å². The fourth-order valence-electron chi connectivity index (χ4n) is 2.75. The first kappa shape index (κ1) is 23.5. The molecule has 0 aliphatic heterocycles. The number of amides is 1. The van der Waals surface area contributed by atoms with Crippen molar-refractivity contribution in [3.05, 3.63) is 60.0 Å². The van der Waals surface area contributed by atoms with Gasteiger partial charge >= 0.3 is 0 Å². The zero-order valence-corrected chi connectivity index (χ0v) is 18.5. The highest BCUT2D eigenvalue weighted by Gasteiger charge is 2.19. The van der Waals surface area contributed by atoms with E-state index >= 15 is 0 Å². The van der Waals surface area contributed by atoms with Gasteiger partial charge in [0.1, 0.15) is 12.4 Å². The summed E-state index contributed by atoms with van der Waals surface area (Å²) in [7, 11) is -4.04. The Hall–Kier alpha value is -4.17. The average molecular weight is 469 g/mol. The number of aromatic nitrogens is 2. The van der Waals surface area contributed by atoms with Gasteiger partial charge in [-0.1, -0.05) is 12.0 Å². The van der Waals surface area contributed by atoms with E-state index in [9.17, 15) is 17.6 Å². The van der Waals surface area contributed by atoms with Crippen molar-refractivity contribution in [2.24, 2.45) is 0 Å². The number of terminal acetylenes is 1. The summed E-state index contributed by atoms with van der Waals surface area (Å²) in [5, 5.41) is 5.68. The van der Waals surface area contributed by atoms with Crippen molar-refractivity contribution in [1.29, 1.82) is 0 Å². The van der Waals surface area contributed by atoms with Gasteiger partial charge in [0, 0.05) is 18.3 Å². The van der Waals surface area contributed by atoms with Gasteiger partial charge in [0.15, 0.2) is 11.6 Å². The number of carbonyl (C=O) groups is 1. The van der Waals surface area contributed by atoms with Crippen LogP contribution in [-0.2, 0) is 14.8 Å². The molecule has 33 heavy (non-hydrogen) atoms. The van der Waals surface area contributed by atoms with Crippen molar-refractivity contribution >= 4 is 39.1 Å². The van der Waals surface area contributed by atoms with Gasteiger partial charge in [0.25, 0.3) is 10.0 Å². The van der Waals surface area contributed by atoms with Crippen LogP contribution in [0.3, 0.4) is 0 Å². The number of carbonyl (C=O) groups excluding carboxylic acids is 1. The highest BCUT2D eigenvalue weighted by molar-refractivity contribution is 7.90.